The van der Waals surface area contributed by atoms with E-state index >= 15 is 0 Å². The van der Waals surface area contributed by atoms with Gasteiger partial charge in [-0.05, 0) is 71.4 Å². The molecule has 10 nitrogen and oxygen atoms in total. The summed E-state index contributed by atoms with van der Waals surface area (Å²) in [5, 5.41) is 8.98. The third-order valence-corrected chi connectivity index (χ3v) is 9.88. The van der Waals surface area contributed by atoms with E-state index < -0.39 is 6.29 Å². The van der Waals surface area contributed by atoms with Gasteiger partial charge < -0.3 is 38.4 Å². The molecule has 3 aliphatic heterocycles. The minimum absolute atomic E-state index is 0.00731. The number of allylic oxidation sites excluding steroid dienone is 1. The van der Waals surface area contributed by atoms with Crippen molar-refractivity contribution < 1.29 is 38.3 Å². The summed E-state index contributed by atoms with van der Waals surface area (Å²) in [7, 11) is 0. The molecule has 3 heterocycles. The number of rotatable bonds is 14. The van der Waals surface area contributed by atoms with Gasteiger partial charge in [0.25, 0.3) is 5.91 Å². The first-order valence-electron chi connectivity index (χ1n) is 17.5. The predicted molar refractivity (Wildman–Crippen MR) is 183 cm³/mol. The van der Waals surface area contributed by atoms with E-state index in [4.69, 9.17) is 33.5 Å². The molecule has 49 heavy (non-hydrogen) atoms. The summed E-state index contributed by atoms with van der Waals surface area (Å²) in [5.74, 6) is 1.67. The van der Waals surface area contributed by atoms with Crippen LogP contribution in [-0.4, -0.2) is 99.7 Å². The first-order valence-corrected chi connectivity index (χ1v) is 17.5. The summed E-state index contributed by atoms with van der Waals surface area (Å²) in [6, 6.07) is 21.2. The summed E-state index contributed by atoms with van der Waals surface area (Å²) in [6.45, 7) is 7.86. The van der Waals surface area contributed by atoms with Crippen LogP contribution < -0.4 is 9.47 Å². The molecule has 0 spiro atoms. The van der Waals surface area contributed by atoms with Crippen molar-refractivity contribution in [2.45, 2.75) is 38.5 Å². The fraction of sp³-hybridized carbons (Fsp3) is 0.462. The normalized spacial score (nSPS) is 21.2. The van der Waals surface area contributed by atoms with E-state index in [-0.39, 0.29) is 31.1 Å². The molecule has 3 aromatic carbocycles. The highest BCUT2D eigenvalue weighted by Gasteiger charge is 2.41. The molecule has 260 valence electrons. The van der Waals surface area contributed by atoms with E-state index in [0.29, 0.717) is 58.3 Å². The zero-order valence-corrected chi connectivity index (χ0v) is 28.2. The molecule has 3 aromatic rings. The molecule has 1 N–H and O–H groups in total. The first kappa shape index (κ1) is 33.6. The second-order valence-corrected chi connectivity index (χ2v) is 12.9. The monoisotopic (exact) mass is 670 g/mol. The molecule has 0 unspecified atom stereocenters. The van der Waals surface area contributed by atoms with Crippen molar-refractivity contribution in [1.82, 2.24) is 9.80 Å². The maximum Gasteiger partial charge on any atom is 0.288 e. The predicted octanol–water partition coefficient (Wildman–Crippen LogP) is 4.72. The van der Waals surface area contributed by atoms with Crippen LogP contribution in [-0.2, 0) is 36.7 Å². The standard InChI is InChI=1S/C39H46N2O8/c1-2-46-39-32(12-18-44-20-21-45-19-17-42)34(31-9-5-8-30-29-7-4-3-6-28(29)23-33(30)31)24-37(49-39)38(43)41-15-13-40(14-16-41)25-27-10-11-35-36(22-27)48-26-47-35/h3-11,22,24,32,34,39,42H,2,12-21,23,25-26H2,1H3/t32-,34+,39+/m0/s1. The van der Waals surface area contributed by atoms with Gasteiger partial charge in [0, 0.05) is 57.8 Å². The Labute approximate surface area is 288 Å². The van der Waals surface area contributed by atoms with Crippen molar-refractivity contribution in [3.8, 4) is 22.6 Å². The number of nitrogens with zero attached hydrogens (tertiary/aromatic N) is 2. The summed E-state index contributed by atoms with van der Waals surface area (Å²) in [6.07, 6.45) is 2.99. The lowest BCUT2D eigenvalue weighted by molar-refractivity contribution is -0.172. The van der Waals surface area contributed by atoms with Crippen LogP contribution in [0.25, 0.3) is 11.1 Å². The van der Waals surface area contributed by atoms with Gasteiger partial charge in [0.2, 0.25) is 13.1 Å². The van der Waals surface area contributed by atoms with E-state index in [9.17, 15) is 4.79 Å². The molecular formula is C39H46N2O8. The third kappa shape index (κ3) is 7.49. The number of benzene rings is 3. The number of aliphatic hydroxyl groups is 1. The van der Waals surface area contributed by atoms with Gasteiger partial charge in [-0.3, -0.25) is 9.69 Å². The van der Waals surface area contributed by atoms with E-state index in [2.05, 4.69) is 53.4 Å². The van der Waals surface area contributed by atoms with E-state index in [1.807, 2.05) is 30.0 Å². The largest absolute Gasteiger partial charge is 0.459 e. The zero-order chi connectivity index (χ0) is 33.6. The van der Waals surface area contributed by atoms with Crippen molar-refractivity contribution in [2.75, 3.05) is 72.6 Å². The van der Waals surface area contributed by atoms with Crippen molar-refractivity contribution in [3.63, 3.8) is 0 Å². The fourth-order valence-electron chi connectivity index (χ4n) is 7.45. The Bertz CT molecular complexity index is 1630. The first-order chi connectivity index (χ1) is 24.1. The van der Waals surface area contributed by atoms with E-state index in [0.717, 1.165) is 43.1 Å². The topological polar surface area (TPSA) is 99.2 Å². The number of carbonyl (C=O) groups excluding carboxylic acids is 1. The van der Waals surface area contributed by atoms with Crippen LogP contribution in [0.1, 0.15) is 41.5 Å². The minimum Gasteiger partial charge on any atom is -0.459 e. The number of aliphatic hydroxyl groups excluding tert-OH is 1. The molecule has 0 bridgehead atoms. The lowest BCUT2D eigenvalue weighted by Crippen LogP contribution is -2.50. The second-order valence-electron chi connectivity index (χ2n) is 12.9. The summed E-state index contributed by atoms with van der Waals surface area (Å²) >= 11 is 0. The maximum absolute atomic E-state index is 14.1. The van der Waals surface area contributed by atoms with Gasteiger partial charge in [-0.2, -0.15) is 0 Å². The Morgan fingerprint density at radius 3 is 2.53 bits per heavy atom. The quantitative estimate of drug-likeness (QED) is 0.191. The number of amides is 1. The van der Waals surface area contributed by atoms with Crippen LogP contribution in [0.2, 0.25) is 0 Å². The molecule has 1 saturated heterocycles. The van der Waals surface area contributed by atoms with Crippen molar-refractivity contribution in [1.29, 1.82) is 0 Å². The molecule has 0 saturated carbocycles. The van der Waals surface area contributed by atoms with Gasteiger partial charge in [0.05, 0.1) is 26.4 Å². The summed E-state index contributed by atoms with van der Waals surface area (Å²) in [5.41, 5.74) is 7.51. The number of piperazine rings is 1. The molecule has 0 aromatic heterocycles. The number of hydrogen-bond acceptors (Lipinski definition) is 9. The van der Waals surface area contributed by atoms with Crippen LogP contribution >= 0.6 is 0 Å². The fourth-order valence-corrected chi connectivity index (χ4v) is 7.45. The van der Waals surface area contributed by atoms with Crippen LogP contribution in [0, 0.1) is 5.92 Å². The van der Waals surface area contributed by atoms with Crippen molar-refractivity contribution >= 4 is 5.91 Å². The van der Waals surface area contributed by atoms with Crippen LogP contribution in [0.5, 0.6) is 11.5 Å². The molecule has 7 rings (SSSR count). The molecule has 1 aliphatic carbocycles. The number of carbonyl (C=O) groups is 1. The highest BCUT2D eigenvalue weighted by Crippen LogP contribution is 2.46. The van der Waals surface area contributed by atoms with Gasteiger partial charge in [0.15, 0.2) is 17.3 Å². The summed E-state index contributed by atoms with van der Waals surface area (Å²) < 4.78 is 35.1. The Kier molecular flexibility index (Phi) is 10.8. The highest BCUT2D eigenvalue weighted by atomic mass is 16.7. The number of fused-ring (bicyclic) bond motifs is 4. The van der Waals surface area contributed by atoms with Crippen molar-refractivity contribution in [2.24, 2.45) is 5.92 Å². The van der Waals surface area contributed by atoms with Gasteiger partial charge in [0.1, 0.15) is 0 Å². The van der Waals surface area contributed by atoms with Gasteiger partial charge in [-0.1, -0.05) is 48.5 Å². The Morgan fingerprint density at radius 1 is 0.898 bits per heavy atom. The Balaban J connectivity index is 1.09. The molecule has 10 heteroatoms. The zero-order valence-electron chi connectivity index (χ0n) is 28.2. The molecule has 0 radical (unpaired) electrons. The SMILES string of the molecule is CCO[C@@H]1OC(C(=O)N2CCN(Cc3ccc4c(c3)OCO4)CC2)=C[C@H](c2cccc3c2Cc2ccccc2-3)[C@@H]1CCOCCOCCO. The van der Waals surface area contributed by atoms with E-state index in [1.54, 1.807) is 0 Å². The number of hydrogen-bond donors (Lipinski definition) is 1. The third-order valence-electron chi connectivity index (χ3n) is 9.88. The van der Waals surface area contributed by atoms with E-state index in [1.165, 1.54) is 27.8 Å². The molecule has 1 fully saturated rings. The van der Waals surface area contributed by atoms with Crippen molar-refractivity contribution in [3.05, 3.63) is 94.8 Å². The minimum atomic E-state index is -0.597. The number of ether oxygens (including phenoxy) is 6. The maximum atomic E-state index is 14.1. The second kappa shape index (κ2) is 15.7. The lowest BCUT2D eigenvalue weighted by atomic mass is 9.78. The van der Waals surface area contributed by atoms with Gasteiger partial charge in [-0.25, -0.2) is 0 Å². The average Bonchev–Trinajstić information content (AvgIpc) is 3.76. The molecule has 4 aliphatic rings. The van der Waals surface area contributed by atoms with Crippen LogP contribution in [0.15, 0.2) is 72.5 Å². The molecular weight excluding hydrogens is 624 g/mol. The molecule has 1 amide bonds. The lowest BCUT2D eigenvalue weighted by Gasteiger charge is -2.40. The molecule has 3 atom stereocenters. The Hall–Kier alpha value is -3.93. The highest BCUT2D eigenvalue weighted by molar-refractivity contribution is 5.92. The van der Waals surface area contributed by atoms with Gasteiger partial charge in [-0.15, -0.1) is 0 Å². The average molecular weight is 671 g/mol. The van der Waals surface area contributed by atoms with Crippen LogP contribution in [0.3, 0.4) is 0 Å². The van der Waals surface area contributed by atoms with Crippen LogP contribution in [0.4, 0.5) is 0 Å². The Morgan fingerprint density at radius 2 is 1.69 bits per heavy atom. The smallest absolute Gasteiger partial charge is 0.288 e. The summed E-state index contributed by atoms with van der Waals surface area (Å²) in [4.78, 5) is 18.4. The van der Waals surface area contributed by atoms with Gasteiger partial charge >= 0.3 is 0 Å².